The normalized spacial score (nSPS) is 16.1. The summed E-state index contributed by atoms with van der Waals surface area (Å²) in [7, 11) is 0. The van der Waals surface area contributed by atoms with Gasteiger partial charge < -0.3 is 9.47 Å². The van der Waals surface area contributed by atoms with E-state index in [1.54, 1.807) is 18.4 Å². The van der Waals surface area contributed by atoms with Crippen LogP contribution in [0.1, 0.15) is 20.8 Å². The lowest BCUT2D eigenvalue weighted by molar-refractivity contribution is 0.0174. The van der Waals surface area contributed by atoms with Gasteiger partial charge in [0.2, 0.25) is 0 Å². The van der Waals surface area contributed by atoms with Gasteiger partial charge in [0.15, 0.2) is 6.73 Å². The van der Waals surface area contributed by atoms with E-state index in [0.717, 1.165) is 0 Å². The minimum absolute atomic E-state index is 0.182. The van der Waals surface area contributed by atoms with Gasteiger partial charge in [-0.3, -0.25) is 4.90 Å². The largest absolute Gasteiger partial charge is 0.480 e. The van der Waals surface area contributed by atoms with Crippen LogP contribution < -0.4 is 0 Å². The van der Waals surface area contributed by atoms with Crippen LogP contribution in [0.25, 0.3) is 0 Å². The maximum Gasteiger partial charge on any atom is 0.417 e. The molecule has 0 saturated heterocycles. The second-order valence-corrected chi connectivity index (χ2v) is 3.92. The number of hydrogen-bond acceptors (Lipinski definition) is 3. The molecule has 1 rings (SSSR count). The SMILES string of the molecule is CC(C)(C)OC(=O)N1C=CC=COC1. The van der Waals surface area contributed by atoms with Crippen molar-refractivity contribution >= 4 is 6.09 Å². The number of amides is 1. The lowest BCUT2D eigenvalue weighted by Gasteiger charge is -2.24. The molecular weight excluding hydrogens is 182 g/mol. The van der Waals surface area contributed by atoms with Crippen molar-refractivity contribution in [2.75, 3.05) is 6.73 Å². The summed E-state index contributed by atoms with van der Waals surface area (Å²) in [4.78, 5) is 12.9. The average Bonchev–Trinajstić information content (AvgIpc) is 2.27. The highest BCUT2D eigenvalue weighted by atomic mass is 16.6. The molecule has 1 aliphatic heterocycles. The molecule has 0 aromatic heterocycles. The molecule has 4 nitrogen and oxygen atoms in total. The molecule has 0 saturated carbocycles. The van der Waals surface area contributed by atoms with Gasteiger partial charge in [0.1, 0.15) is 5.60 Å². The van der Waals surface area contributed by atoms with E-state index in [-0.39, 0.29) is 6.73 Å². The van der Waals surface area contributed by atoms with Gasteiger partial charge in [0, 0.05) is 6.20 Å². The van der Waals surface area contributed by atoms with E-state index in [4.69, 9.17) is 9.47 Å². The number of allylic oxidation sites excluding steroid dienone is 2. The van der Waals surface area contributed by atoms with E-state index in [1.165, 1.54) is 11.2 Å². The molecular formula is C10H15NO3. The van der Waals surface area contributed by atoms with Gasteiger partial charge in [-0.2, -0.15) is 0 Å². The Balaban J connectivity index is 2.53. The predicted molar refractivity (Wildman–Crippen MR) is 52.3 cm³/mol. The number of ether oxygens (including phenoxy) is 2. The molecule has 0 atom stereocenters. The summed E-state index contributed by atoms with van der Waals surface area (Å²) < 4.78 is 10.2. The maximum absolute atomic E-state index is 11.5. The fourth-order valence-electron chi connectivity index (χ4n) is 0.855. The van der Waals surface area contributed by atoms with Crippen LogP contribution in [-0.4, -0.2) is 23.3 Å². The Morgan fingerprint density at radius 3 is 2.79 bits per heavy atom. The van der Waals surface area contributed by atoms with Gasteiger partial charge in [0.25, 0.3) is 0 Å². The molecule has 78 valence electrons. The van der Waals surface area contributed by atoms with Gasteiger partial charge >= 0.3 is 6.09 Å². The molecule has 0 N–H and O–H groups in total. The van der Waals surface area contributed by atoms with E-state index in [2.05, 4.69) is 0 Å². The molecule has 1 aliphatic rings. The van der Waals surface area contributed by atoms with Crippen molar-refractivity contribution in [1.82, 2.24) is 4.90 Å². The van der Waals surface area contributed by atoms with Crippen molar-refractivity contribution in [1.29, 1.82) is 0 Å². The number of rotatable bonds is 0. The molecule has 0 radical (unpaired) electrons. The topological polar surface area (TPSA) is 38.8 Å². The Morgan fingerprint density at radius 2 is 2.14 bits per heavy atom. The molecule has 0 spiro atoms. The third-order valence-electron chi connectivity index (χ3n) is 1.39. The van der Waals surface area contributed by atoms with Gasteiger partial charge in [0.05, 0.1) is 6.26 Å². The van der Waals surface area contributed by atoms with Crippen molar-refractivity contribution in [3.05, 3.63) is 24.6 Å². The second kappa shape index (κ2) is 4.17. The summed E-state index contributed by atoms with van der Waals surface area (Å²) in [5, 5.41) is 0. The van der Waals surface area contributed by atoms with E-state index in [0.29, 0.717) is 0 Å². The summed E-state index contributed by atoms with van der Waals surface area (Å²) in [5.41, 5.74) is -0.481. The van der Waals surface area contributed by atoms with Crippen LogP contribution >= 0.6 is 0 Å². The molecule has 0 aromatic carbocycles. The standard InChI is InChI=1S/C10H15NO3/c1-10(2,3)14-9(12)11-6-4-5-7-13-8-11/h4-7H,8H2,1-3H3. The number of nitrogens with zero attached hydrogens (tertiary/aromatic N) is 1. The summed E-state index contributed by atoms with van der Waals surface area (Å²) >= 11 is 0. The van der Waals surface area contributed by atoms with Crippen molar-refractivity contribution in [3.8, 4) is 0 Å². The molecule has 0 bridgehead atoms. The monoisotopic (exact) mass is 197 g/mol. The van der Waals surface area contributed by atoms with Crippen LogP contribution in [-0.2, 0) is 9.47 Å². The summed E-state index contributed by atoms with van der Waals surface area (Å²) in [5.74, 6) is 0. The Morgan fingerprint density at radius 1 is 1.43 bits per heavy atom. The van der Waals surface area contributed by atoms with E-state index < -0.39 is 11.7 Å². The van der Waals surface area contributed by atoms with Crippen molar-refractivity contribution in [3.63, 3.8) is 0 Å². The summed E-state index contributed by atoms with van der Waals surface area (Å²) in [6.45, 7) is 5.66. The highest BCUT2D eigenvalue weighted by molar-refractivity contribution is 5.69. The molecule has 1 amide bonds. The van der Waals surface area contributed by atoms with Crippen LogP contribution in [0.15, 0.2) is 24.6 Å². The van der Waals surface area contributed by atoms with Crippen LogP contribution in [0.4, 0.5) is 4.79 Å². The summed E-state index contributed by atoms with van der Waals surface area (Å²) in [6.07, 6.45) is 6.18. The zero-order valence-electron chi connectivity index (χ0n) is 8.69. The van der Waals surface area contributed by atoms with Crippen LogP contribution in [0.5, 0.6) is 0 Å². The van der Waals surface area contributed by atoms with Gasteiger partial charge in [-0.25, -0.2) is 4.79 Å². The first-order chi connectivity index (χ1) is 6.49. The fraction of sp³-hybridized carbons (Fsp3) is 0.500. The van der Waals surface area contributed by atoms with Crippen molar-refractivity contribution in [2.45, 2.75) is 26.4 Å². The lowest BCUT2D eigenvalue weighted by Crippen LogP contribution is -2.34. The first-order valence-corrected chi connectivity index (χ1v) is 4.43. The minimum atomic E-state index is -0.481. The zero-order chi connectivity index (χ0) is 10.6. The van der Waals surface area contributed by atoms with Crippen molar-refractivity contribution in [2.24, 2.45) is 0 Å². The Kier molecular flexibility index (Phi) is 3.17. The maximum atomic E-state index is 11.5. The molecule has 4 heteroatoms. The number of hydrogen-bond donors (Lipinski definition) is 0. The molecule has 0 aromatic rings. The lowest BCUT2D eigenvalue weighted by atomic mass is 10.2. The smallest absolute Gasteiger partial charge is 0.417 e. The Hall–Kier alpha value is -1.45. The Labute approximate surface area is 83.8 Å². The quantitative estimate of drug-likeness (QED) is 0.597. The van der Waals surface area contributed by atoms with Gasteiger partial charge in [-0.05, 0) is 32.9 Å². The van der Waals surface area contributed by atoms with E-state index in [9.17, 15) is 4.79 Å². The molecule has 1 heterocycles. The van der Waals surface area contributed by atoms with Crippen molar-refractivity contribution < 1.29 is 14.3 Å². The molecule has 14 heavy (non-hydrogen) atoms. The average molecular weight is 197 g/mol. The minimum Gasteiger partial charge on any atom is -0.480 e. The third-order valence-corrected chi connectivity index (χ3v) is 1.39. The third kappa shape index (κ3) is 3.51. The molecule has 0 aliphatic carbocycles. The predicted octanol–water partition coefficient (Wildman–Crippen LogP) is 2.24. The fourth-order valence-corrected chi connectivity index (χ4v) is 0.855. The highest BCUT2D eigenvalue weighted by Gasteiger charge is 2.20. The zero-order valence-corrected chi connectivity index (χ0v) is 8.69. The summed E-state index contributed by atoms with van der Waals surface area (Å²) in [6, 6.07) is 0. The van der Waals surface area contributed by atoms with Crippen LogP contribution in [0.2, 0.25) is 0 Å². The van der Waals surface area contributed by atoms with E-state index >= 15 is 0 Å². The number of carbonyl (C=O) groups is 1. The molecule has 0 unspecified atom stereocenters. The Bertz CT molecular complexity index is 263. The van der Waals surface area contributed by atoms with Crippen LogP contribution in [0, 0.1) is 0 Å². The second-order valence-electron chi connectivity index (χ2n) is 3.92. The van der Waals surface area contributed by atoms with E-state index in [1.807, 2.05) is 20.8 Å². The first-order valence-electron chi connectivity index (χ1n) is 4.43. The van der Waals surface area contributed by atoms with Gasteiger partial charge in [-0.1, -0.05) is 0 Å². The molecule has 0 fully saturated rings. The highest BCUT2D eigenvalue weighted by Crippen LogP contribution is 2.11. The van der Waals surface area contributed by atoms with Crippen LogP contribution in [0.3, 0.4) is 0 Å². The number of carbonyl (C=O) groups excluding carboxylic acids is 1. The van der Waals surface area contributed by atoms with Gasteiger partial charge in [-0.15, -0.1) is 0 Å². The first kappa shape index (κ1) is 10.6.